The first kappa shape index (κ1) is 7.25. The smallest absolute Gasteiger partial charge is 0.116 e. The second kappa shape index (κ2) is 2.66. The van der Waals surface area contributed by atoms with Gasteiger partial charge in [-0.3, -0.25) is 0 Å². The van der Waals surface area contributed by atoms with Crippen molar-refractivity contribution in [3.8, 4) is 0 Å². The molecule has 5 nitrogen and oxygen atoms in total. The molecule has 3 heterocycles. The summed E-state index contributed by atoms with van der Waals surface area (Å²) in [7, 11) is 0. The fourth-order valence-electron chi connectivity index (χ4n) is 1.32. The largest absolute Gasteiger partial charge is 0.243 e. The average molecular weight is 183 g/mol. The summed E-state index contributed by atoms with van der Waals surface area (Å²) in [5.74, 6) is 0. The lowest BCUT2D eigenvalue weighted by Crippen LogP contribution is -1.89. The predicted molar refractivity (Wildman–Crippen MR) is 50.4 cm³/mol. The third-order valence-corrected chi connectivity index (χ3v) is 1.96. The van der Waals surface area contributed by atoms with Crippen LogP contribution in [0.4, 0.5) is 0 Å². The number of hydrogen-bond donors (Lipinski definition) is 0. The predicted octanol–water partition coefficient (Wildman–Crippen LogP) is 0.968. The lowest BCUT2D eigenvalue weighted by Gasteiger charge is -1.97. The van der Waals surface area contributed by atoms with Gasteiger partial charge in [-0.1, -0.05) is 0 Å². The van der Waals surface area contributed by atoms with Gasteiger partial charge in [0.15, 0.2) is 0 Å². The van der Waals surface area contributed by atoms with Crippen LogP contribution >= 0.6 is 0 Å². The Morgan fingerprint density at radius 1 is 1.00 bits per heavy atom. The summed E-state index contributed by atoms with van der Waals surface area (Å²) >= 11 is 0. The van der Waals surface area contributed by atoms with E-state index < -0.39 is 0 Å². The van der Waals surface area contributed by atoms with E-state index in [1.54, 1.807) is 12.4 Å². The molecule has 0 saturated carbocycles. The molecule has 0 aliphatic carbocycles. The first-order valence-corrected chi connectivity index (χ1v) is 4.12. The molecular formula is C9H5N5. The zero-order valence-electron chi connectivity index (χ0n) is 7.12. The monoisotopic (exact) mass is 183 g/mol. The van der Waals surface area contributed by atoms with E-state index in [0.29, 0.717) is 0 Å². The zero-order chi connectivity index (χ0) is 9.38. The maximum absolute atomic E-state index is 4.35. The Hall–Kier alpha value is -2.17. The van der Waals surface area contributed by atoms with E-state index >= 15 is 0 Å². The molecule has 5 heteroatoms. The first-order valence-electron chi connectivity index (χ1n) is 4.12. The highest BCUT2D eigenvalue weighted by Gasteiger charge is 2.00. The van der Waals surface area contributed by atoms with Crippen molar-refractivity contribution in [3.05, 3.63) is 30.9 Å². The van der Waals surface area contributed by atoms with Gasteiger partial charge in [0.25, 0.3) is 0 Å². The van der Waals surface area contributed by atoms with Crippen molar-refractivity contribution in [2.75, 3.05) is 0 Å². The Bertz CT molecular complexity index is 502. The number of fused-ring (bicyclic) bond motifs is 2. The Balaban J connectivity index is 2.52. The van der Waals surface area contributed by atoms with Crippen LogP contribution in [0.2, 0.25) is 0 Å². The molecule has 0 aliphatic heterocycles. The van der Waals surface area contributed by atoms with E-state index in [4.69, 9.17) is 0 Å². The number of nitrogens with zero attached hydrogens (tertiary/aromatic N) is 5. The Kier molecular flexibility index (Phi) is 1.38. The van der Waals surface area contributed by atoms with Gasteiger partial charge >= 0.3 is 0 Å². The van der Waals surface area contributed by atoms with E-state index in [-0.39, 0.29) is 0 Å². The molecule has 0 spiro atoms. The SMILES string of the molecule is c1cc2nc3cncnc3cc2nn1. The lowest BCUT2D eigenvalue weighted by atomic mass is 10.3. The molecule has 0 unspecified atom stereocenters. The van der Waals surface area contributed by atoms with Crippen LogP contribution in [0, 0.1) is 0 Å². The summed E-state index contributed by atoms with van der Waals surface area (Å²) in [5.41, 5.74) is 3.11. The Morgan fingerprint density at radius 2 is 2.00 bits per heavy atom. The summed E-state index contributed by atoms with van der Waals surface area (Å²) in [6.07, 6.45) is 4.79. The van der Waals surface area contributed by atoms with E-state index in [0.717, 1.165) is 22.1 Å². The third-order valence-electron chi connectivity index (χ3n) is 1.96. The van der Waals surface area contributed by atoms with Gasteiger partial charge in [0, 0.05) is 0 Å². The van der Waals surface area contributed by atoms with E-state index in [1.165, 1.54) is 6.33 Å². The summed E-state index contributed by atoms with van der Waals surface area (Å²) in [6, 6.07) is 3.67. The zero-order valence-corrected chi connectivity index (χ0v) is 7.12. The molecule has 3 aromatic rings. The van der Waals surface area contributed by atoms with Gasteiger partial charge in [-0.05, 0) is 12.1 Å². The fourth-order valence-corrected chi connectivity index (χ4v) is 1.32. The fraction of sp³-hybridized carbons (Fsp3) is 0. The van der Waals surface area contributed by atoms with Crippen LogP contribution in [0.25, 0.3) is 22.1 Å². The van der Waals surface area contributed by atoms with Gasteiger partial charge in [0.05, 0.1) is 23.4 Å². The molecule has 0 fully saturated rings. The van der Waals surface area contributed by atoms with Crippen LogP contribution in [0.3, 0.4) is 0 Å². The van der Waals surface area contributed by atoms with Crippen LogP contribution in [0.5, 0.6) is 0 Å². The molecule has 3 aromatic heterocycles. The van der Waals surface area contributed by atoms with Gasteiger partial charge in [0.2, 0.25) is 0 Å². The van der Waals surface area contributed by atoms with Crippen molar-refractivity contribution in [2.24, 2.45) is 0 Å². The molecule has 0 aliphatic rings. The molecule has 0 saturated heterocycles. The molecule has 0 atom stereocenters. The Morgan fingerprint density at radius 3 is 3.00 bits per heavy atom. The van der Waals surface area contributed by atoms with Crippen molar-refractivity contribution < 1.29 is 0 Å². The number of hydrogen-bond acceptors (Lipinski definition) is 5. The van der Waals surface area contributed by atoms with Crippen molar-refractivity contribution in [1.29, 1.82) is 0 Å². The quantitative estimate of drug-likeness (QED) is 0.486. The average Bonchev–Trinajstić information content (AvgIpc) is 2.26. The van der Waals surface area contributed by atoms with Gasteiger partial charge in [-0.2, -0.15) is 5.10 Å². The highest BCUT2D eigenvalue weighted by atomic mass is 15.1. The van der Waals surface area contributed by atoms with Crippen molar-refractivity contribution in [1.82, 2.24) is 25.1 Å². The molecule has 0 aromatic carbocycles. The number of aromatic nitrogens is 5. The van der Waals surface area contributed by atoms with Crippen LogP contribution in [0.15, 0.2) is 30.9 Å². The molecule has 3 rings (SSSR count). The van der Waals surface area contributed by atoms with Gasteiger partial charge < -0.3 is 0 Å². The second-order valence-electron chi connectivity index (χ2n) is 2.85. The molecule has 66 valence electrons. The molecule has 0 amide bonds. The van der Waals surface area contributed by atoms with Crippen molar-refractivity contribution in [3.63, 3.8) is 0 Å². The van der Waals surface area contributed by atoms with Crippen molar-refractivity contribution in [2.45, 2.75) is 0 Å². The summed E-state index contributed by atoms with van der Waals surface area (Å²) in [5, 5.41) is 7.74. The normalized spacial score (nSPS) is 10.9. The number of pyridine rings is 1. The summed E-state index contributed by atoms with van der Waals surface area (Å²) in [4.78, 5) is 12.4. The van der Waals surface area contributed by atoms with Gasteiger partial charge in [-0.15, -0.1) is 5.10 Å². The lowest BCUT2D eigenvalue weighted by molar-refractivity contribution is 1.07. The molecular weight excluding hydrogens is 178 g/mol. The van der Waals surface area contributed by atoms with Crippen molar-refractivity contribution >= 4 is 22.1 Å². The van der Waals surface area contributed by atoms with Crippen LogP contribution in [-0.2, 0) is 0 Å². The minimum atomic E-state index is 0.749. The third kappa shape index (κ3) is 0.990. The van der Waals surface area contributed by atoms with E-state index in [9.17, 15) is 0 Å². The standard InChI is InChI=1S/C9H5N5/c1-2-12-14-8-3-7-9(13-6(1)8)4-10-5-11-7/h1-5H. The molecule has 0 bridgehead atoms. The Labute approximate surface area is 78.9 Å². The topological polar surface area (TPSA) is 64.5 Å². The minimum absolute atomic E-state index is 0.749. The maximum Gasteiger partial charge on any atom is 0.116 e. The highest BCUT2D eigenvalue weighted by Crippen LogP contribution is 2.13. The first-order chi connectivity index (χ1) is 6.93. The maximum atomic E-state index is 4.35. The minimum Gasteiger partial charge on any atom is -0.243 e. The molecule has 14 heavy (non-hydrogen) atoms. The van der Waals surface area contributed by atoms with Crippen LogP contribution in [-0.4, -0.2) is 25.1 Å². The second-order valence-corrected chi connectivity index (χ2v) is 2.85. The molecule has 0 radical (unpaired) electrons. The number of rotatable bonds is 0. The summed E-state index contributed by atoms with van der Waals surface area (Å²) in [6.45, 7) is 0. The van der Waals surface area contributed by atoms with Crippen LogP contribution in [0.1, 0.15) is 0 Å². The van der Waals surface area contributed by atoms with E-state index in [1.807, 2.05) is 12.1 Å². The highest BCUT2D eigenvalue weighted by molar-refractivity contribution is 5.87. The van der Waals surface area contributed by atoms with Gasteiger partial charge in [-0.25, -0.2) is 15.0 Å². The van der Waals surface area contributed by atoms with Gasteiger partial charge in [0.1, 0.15) is 17.4 Å². The van der Waals surface area contributed by atoms with Crippen LogP contribution < -0.4 is 0 Å². The summed E-state index contributed by atoms with van der Waals surface area (Å²) < 4.78 is 0. The molecule has 0 N–H and O–H groups in total. The van der Waals surface area contributed by atoms with E-state index in [2.05, 4.69) is 25.1 Å².